The van der Waals surface area contributed by atoms with Crippen LogP contribution in [0.3, 0.4) is 0 Å². The van der Waals surface area contributed by atoms with Crippen molar-refractivity contribution < 1.29 is 52.8 Å². The third-order valence-corrected chi connectivity index (χ3v) is 12.8. The highest BCUT2D eigenvalue weighted by Gasteiger charge is 2.56. The molecule has 1 saturated carbocycles. The van der Waals surface area contributed by atoms with Crippen LogP contribution in [0, 0.1) is 17.8 Å². The van der Waals surface area contributed by atoms with E-state index in [0.29, 0.717) is 44.3 Å². The summed E-state index contributed by atoms with van der Waals surface area (Å²) in [6.45, 7) is 12.0. The van der Waals surface area contributed by atoms with Gasteiger partial charge in [-0.05, 0) is 95.5 Å². The number of hydrogen-bond acceptors (Lipinski definition) is 12. The van der Waals surface area contributed by atoms with Gasteiger partial charge in [0.15, 0.2) is 0 Å². The predicted molar refractivity (Wildman–Crippen MR) is 214 cm³/mol. The highest BCUT2D eigenvalue weighted by atomic mass is 16.7. The number of piperidine rings is 1. The van der Waals surface area contributed by atoms with Gasteiger partial charge in [-0.1, -0.05) is 58.0 Å². The van der Waals surface area contributed by atoms with Crippen molar-refractivity contribution in [2.24, 2.45) is 17.8 Å². The molecule has 13 heteroatoms. The first-order valence-corrected chi connectivity index (χ1v) is 20.7. The molecule has 4 heterocycles. The maximum Gasteiger partial charge on any atom is 0.329 e. The Kier molecular flexibility index (Phi) is 16.7. The monoisotopic (exact) mass is 802 g/mol. The number of rotatable bonds is 6. The van der Waals surface area contributed by atoms with Crippen molar-refractivity contribution in [3.8, 4) is 0 Å². The third kappa shape index (κ3) is 10.4. The van der Waals surface area contributed by atoms with E-state index in [-0.39, 0.29) is 44.2 Å². The number of allylic oxidation sites excluding steroid dienone is 3. The highest BCUT2D eigenvalue weighted by Crippen LogP contribution is 2.40. The number of aliphatic hydroxyl groups excluding tert-OH is 1. The maximum atomic E-state index is 14.4. The molecule has 1 aliphatic carbocycles. The Labute approximate surface area is 339 Å². The summed E-state index contributed by atoms with van der Waals surface area (Å²) in [6.07, 6.45) is 6.60. The van der Waals surface area contributed by atoms with E-state index in [1.54, 1.807) is 28.3 Å². The Morgan fingerprint density at radius 2 is 1.68 bits per heavy atom. The zero-order valence-electron chi connectivity index (χ0n) is 34.9. The van der Waals surface area contributed by atoms with E-state index < -0.39 is 71.8 Å². The Balaban J connectivity index is 0.00000720. The smallest absolute Gasteiger partial charge is 0.329 e. The molecule has 13 atom stereocenters. The van der Waals surface area contributed by atoms with E-state index >= 15 is 0 Å². The average molecular weight is 803 g/mol. The van der Waals surface area contributed by atoms with E-state index in [0.717, 1.165) is 36.1 Å². The van der Waals surface area contributed by atoms with E-state index in [9.17, 15) is 24.6 Å². The summed E-state index contributed by atoms with van der Waals surface area (Å²) in [5.74, 6) is -5.70. The van der Waals surface area contributed by atoms with Gasteiger partial charge >= 0.3 is 5.97 Å². The van der Waals surface area contributed by atoms with Crippen LogP contribution in [0.15, 0.2) is 33.9 Å². The number of esters is 1. The number of nitrogens with zero attached hydrogens (tertiary/aromatic N) is 2. The van der Waals surface area contributed by atoms with Gasteiger partial charge in [0.2, 0.25) is 5.79 Å². The molecule has 4 bridgehead atoms. The number of ether oxygens (including phenoxy) is 5. The van der Waals surface area contributed by atoms with Gasteiger partial charge < -0.3 is 43.3 Å². The Morgan fingerprint density at radius 3 is 2.35 bits per heavy atom. The number of fused-ring (bicyclic) bond motifs is 5. The van der Waals surface area contributed by atoms with Crippen LogP contribution in [0.1, 0.15) is 136 Å². The quantitative estimate of drug-likeness (QED) is 0.185. The number of aliphatic hydroxyl groups is 2. The molecule has 2 N–H and O–H groups in total. The SMILES string of the molecule is C.CC[C@@H]1/C=C(\C)C[C@H](C)C[C@H](OC)[C@H]2O[C@@](O)(C(=O)C(=O)N3CCCC[C@H]3C(=O)O[C@H](/C(C)=C/[C@@H]3CC[C@@H](O)[C@H](OC)C3)[C@H](C)c3cc1no3)[C@H](C)C[C@@H]2OC. The van der Waals surface area contributed by atoms with Crippen LogP contribution in [0.5, 0.6) is 0 Å². The van der Waals surface area contributed by atoms with Crippen LogP contribution < -0.4 is 0 Å². The number of amides is 1. The van der Waals surface area contributed by atoms with Crippen LogP contribution in [-0.4, -0.2) is 114 Å². The lowest BCUT2D eigenvalue weighted by Crippen LogP contribution is -2.64. The number of carbonyl (C=O) groups is 3. The second kappa shape index (κ2) is 20.4. The van der Waals surface area contributed by atoms with Crippen molar-refractivity contribution in [3.05, 3.63) is 40.8 Å². The van der Waals surface area contributed by atoms with E-state index in [4.69, 9.17) is 28.2 Å². The van der Waals surface area contributed by atoms with Gasteiger partial charge in [0, 0.05) is 45.8 Å². The van der Waals surface area contributed by atoms with Crippen molar-refractivity contribution in [3.63, 3.8) is 0 Å². The van der Waals surface area contributed by atoms with Gasteiger partial charge in [0.05, 0.1) is 36.0 Å². The molecule has 0 spiro atoms. The van der Waals surface area contributed by atoms with Gasteiger partial charge in [0.25, 0.3) is 11.7 Å². The maximum absolute atomic E-state index is 14.4. The lowest BCUT2D eigenvalue weighted by atomic mass is 9.82. The molecule has 0 radical (unpaired) electrons. The first-order valence-electron chi connectivity index (χ1n) is 20.7. The number of carbonyl (C=O) groups excluding carboxylic acids is 3. The number of ketones is 1. The van der Waals surface area contributed by atoms with Crippen LogP contribution in [0.4, 0.5) is 0 Å². The molecule has 5 rings (SSSR count). The summed E-state index contributed by atoms with van der Waals surface area (Å²) >= 11 is 0. The Hall–Kier alpha value is -2.94. The number of Topliss-reactive ketones (excluding diaryl/α,β-unsaturated/α-hetero) is 1. The average Bonchev–Trinajstić information content (AvgIpc) is 3.68. The fourth-order valence-electron chi connectivity index (χ4n) is 9.44. The van der Waals surface area contributed by atoms with Crippen LogP contribution >= 0.6 is 0 Å². The summed E-state index contributed by atoms with van der Waals surface area (Å²) in [5.41, 5.74) is 2.74. The normalized spacial score (nSPS) is 38.9. The standard InChI is InChI=1S/C43H66N2O11.CH4/c1-10-30-18-24(2)17-25(3)19-36(52-8)39-37(53-9)21-27(5)43(50,55-39)40(47)41(48)45-16-12-11-13-32(45)42(49)54-38(28(6)34-23-31(30)44-56-34)26(4)20-29-14-15-33(46)35(22-29)51-7;/h18,20,23,25,27-30,32-33,35-39,46,50H,10-17,19,21-22H2,1-9H3;1H4/b24-18+,26-20+;/t25-,27+,28+,29-,30+,32-,33+,35+,36-,37-,38+,39+,43+;/m0./s1. The number of aromatic nitrogens is 1. The minimum absolute atomic E-state index is 0. The molecule has 1 aromatic rings. The number of hydrogen-bond donors (Lipinski definition) is 2. The zero-order chi connectivity index (χ0) is 40.9. The predicted octanol–water partition coefficient (Wildman–Crippen LogP) is 6.41. The zero-order valence-corrected chi connectivity index (χ0v) is 34.9. The summed E-state index contributed by atoms with van der Waals surface area (Å²) in [6, 6.07) is 0.890. The molecule has 0 unspecified atom stereocenters. The lowest BCUT2D eigenvalue weighted by molar-refractivity contribution is -0.302. The van der Waals surface area contributed by atoms with Gasteiger partial charge in [-0.25, -0.2) is 4.79 Å². The largest absolute Gasteiger partial charge is 0.456 e. The van der Waals surface area contributed by atoms with Crippen molar-refractivity contribution in [2.45, 2.75) is 173 Å². The van der Waals surface area contributed by atoms with Crippen molar-refractivity contribution >= 4 is 17.7 Å². The van der Waals surface area contributed by atoms with E-state index in [2.05, 4.69) is 38.1 Å². The topological polar surface area (TPSA) is 167 Å². The minimum Gasteiger partial charge on any atom is -0.456 e. The number of methoxy groups -OCH3 is 3. The Bertz CT molecular complexity index is 1570. The second-order valence-electron chi connectivity index (χ2n) is 17.0. The minimum atomic E-state index is -2.46. The van der Waals surface area contributed by atoms with Crippen molar-refractivity contribution in [1.29, 1.82) is 0 Å². The Morgan fingerprint density at radius 1 is 1.00 bits per heavy atom. The fraction of sp³-hybridized carbons (Fsp3) is 0.773. The first kappa shape index (κ1) is 46.7. The summed E-state index contributed by atoms with van der Waals surface area (Å²) in [7, 11) is 4.73. The van der Waals surface area contributed by atoms with Gasteiger partial charge in [-0.15, -0.1) is 0 Å². The van der Waals surface area contributed by atoms with Crippen molar-refractivity contribution in [1.82, 2.24) is 10.1 Å². The van der Waals surface area contributed by atoms with Gasteiger partial charge in [-0.3, -0.25) is 9.59 Å². The lowest BCUT2D eigenvalue weighted by Gasteiger charge is -2.47. The molecule has 1 aromatic heterocycles. The molecule has 4 aliphatic rings. The molecule has 3 aliphatic heterocycles. The van der Waals surface area contributed by atoms with E-state index in [1.165, 1.54) is 4.90 Å². The van der Waals surface area contributed by atoms with Gasteiger partial charge in [-0.2, -0.15) is 0 Å². The summed E-state index contributed by atoms with van der Waals surface area (Å²) in [5, 5.41) is 27.0. The second-order valence-corrected chi connectivity index (χ2v) is 17.0. The summed E-state index contributed by atoms with van der Waals surface area (Å²) < 4.78 is 36.1. The highest BCUT2D eigenvalue weighted by molar-refractivity contribution is 6.39. The van der Waals surface area contributed by atoms with Crippen LogP contribution in [0.2, 0.25) is 0 Å². The van der Waals surface area contributed by atoms with E-state index in [1.807, 2.05) is 19.9 Å². The molecule has 2 saturated heterocycles. The number of cyclic esters (lactones) is 1. The van der Waals surface area contributed by atoms with Crippen molar-refractivity contribution in [2.75, 3.05) is 27.9 Å². The van der Waals surface area contributed by atoms with Gasteiger partial charge in [0.1, 0.15) is 24.0 Å². The third-order valence-electron chi connectivity index (χ3n) is 12.8. The first-order chi connectivity index (χ1) is 26.6. The molecule has 3 fully saturated rings. The van der Waals surface area contributed by atoms with Crippen LogP contribution in [-0.2, 0) is 38.1 Å². The van der Waals surface area contributed by atoms with Crippen LogP contribution in [0.25, 0.3) is 0 Å². The molecule has 1 amide bonds. The molecule has 13 nitrogen and oxygen atoms in total. The molecule has 322 valence electrons. The fourth-order valence-corrected chi connectivity index (χ4v) is 9.44. The molecule has 57 heavy (non-hydrogen) atoms. The summed E-state index contributed by atoms with van der Waals surface area (Å²) in [4.78, 5) is 44.1. The molecule has 0 aromatic carbocycles. The molecular formula is C44H70N2O11. The molecular weight excluding hydrogens is 732 g/mol.